The average Bonchev–Trinajstić information content (AvgIpc) is 3.61. The molecule has 0 aliphatic carbocycles. The van der Waals surface area contributed by atoms with Gasteiger partial charge in [0.2, 0.25) is 11.8 Å². The fraction of sp³-hybridized carbons (Fsp3) is 0.324. The average molecular weight is 671 g/mol. The Morgan fingerprint density at radius 3 is 2.71 bits per heavy atom. The van der Waals surface area contributed by atoms with Crippen LogP contribution in [0.5, 0.6) is 0 Å². The number of hydrogen-bond donors (Lipinski definition) is 3. The van der Waals surface area contributed by atoms with Gasteiger partial charge in [-0.15, -0.1) is 5.10 Å². The van der Waals surface area contributed by atoms with Crippen molar-refractivity contribution in [1.29, 1.82) is 0 Å². The normalized spacial score (nSPS) is 18.1. The number of halogens is 1. The number of aromatic nitrogens is 5. The van der Waals surface area contributed by atoms with E-state index in [0.717, 1.165) is 16.7 Å². The van der Waals surface area contributed by atoms with Gasteiger partial charge in [-0.25, -0.2) is 0 Å². The van der Waals surface area contributed by atoms with Gasteiger partial charge in [0.25, 0.3) is 0 Å². The summed E-state index contributed by atoms with van der Waals surface area (Å²) in [4.78, 5) is 45.3. The van der Waals surface area contributed by atoms with Crippen LogP contribution in [0.2, 0.25) is 5.02 Å². The highest BCUT2D eigenvalue weighted by atomic mass is 35.5. The molecular weight excluding hydrogens is 636 g/mol. The van der Waals surface area contributed by atoms with E-state index in [0.29, 0.717) is 66.4 Å². The van der Waals surface area contributed by atoms with E-state index in [1.54, 1.807) is 35.4 Å². The first-order valence-electron chi connectivity index (χ1n) is 15.7. The van der Waals surface area contributed by atoms with Crippen LogP contribution in [0.25, 0.3) is 22.9 Å². The fourth-order valence-corrected chi connectivity index (χ4v) is 6.11. The van der Waals surface area contributed by atoms with Crippen molar-refractivity contribution in [3.63, 3.8) is 0 Å². The summed E-state index contributed by atoms with van der Waals surface area (Å²) < 4.78 is 6.37. The zero-order valence-electron chi connectivity index (χ0n) is 26.3. The Balaban J connectivity index is 1.29. The SMILES string of the molecule is COC(=O)Cc1ccc2c(c1)N[C@@H](C(=O)N1CC(O)C1)CCCC[C@H](NC(=O)/C=C/c1cc(Cl)ccc1-n1cnnn1)c1cc-2ccn1. The van der Waals surface area contributed by atoms with Crippen molar-refractivity contribution in [2.45, 2.75) is 50.3 Å². The lowest BCUT2D eigenvalue weighted by atomic mass is 9.95. The van der Waals surface area contributed by atoms with E-state index < -0.39 is 18.2 Å². The highest BCUT2D eigenvalue weighted by molar-refractivity contribution is 6.30. The number of nitrogens with zero attached hydrogens (tertiary/aromatic N) is 6. The highest BCUT2D eigenvalue weighted by Crippen LogP contribution is 2.33. The van der Waals surface area contributed by atoms with Crippen LogP contribution in [0, 0.1) is 0 Å². The number of nitrogens with one attached hydrogen (secondary N) is 2. The molecule has 2 bridgehead atoms. The Kier molecular flexibility index (Phi) is 10.1. The van der Waals surface area contributed by atoms with Gasteiger partial charge in [-0.1, -0.05) is 36.6 Å². The van der Waals surface area contributed by atoms with Crippen molar-refractivity contribution in [1.82, 2.24) is 35.4 Å². The Hall–Kier alpha value is -5.14. The number of esters is 1. The lowest BCUT2D eigenvalue weighted by Crippen LogP contribution is -2.57. The number of benzene rings is 2. The summed E-state index contributed by atoms with van der Waals surface area (Å²) in [7, 11) is 1.35. The lowest BCUT2D eigenvalue weighted by Gasteiger charge is -2.38. The maximum absolute atomic E-state index is 13.5. The van der Waals surface area contributed by atoms with E-state index in [2.05, 4.69) is 31.1 Å². The van der Waals surface area contributed by atoms with Gasteiger partial charge < -0.3 is 25.4 Å². The molecule has 2 amide bonds. The van der Waals surface area contributed by atoms with Crippen LogP contribution in [-0.4, -0.2) is 85.3 Å². The number of β-amino-alcohol motifs (C(OH)–C–C–N with tert-alkyl or cyclic N) is 1. The quantitative estimate of drug-likeness (QED) is 0.196. The number of pyridine rings is 1. The maximum Gasteiger partial charge on any atom is 0.309 e. The smallest absolute Gasteiger partial charge is 0.309 e. The van der Waals surface area contributed by atoms with E-state index in [4.69, 9.17) is 16.3 Å². The molecule has 48 heavy (non-hydrogen) atoms. The first-order valence-corrected chi connectivity index (χ1v) is 16.1. The van der Waals surface area contributed by atoms with Crippen molar-refractivity contribution in [3.8, 4) is 16.8 Å². The van der Waals surface area contributed by atoms with Crippen LogP contribution in [0.15, 0.2) is 67.1 Å². The van der Waals surface area contributed by atoms with Crippen LogP contribution in [0.3, 0.4) is 0 Å². The third-order valence-corrected chi connectivity index (χ3v) is 8.70. The number of carbonyl (C=O) groups excluding carboxylic acids is 3. The molecule has 2 atom stereocenters. The van der Waals surface area contributed by atoms with Crippen LogP contribution in [0.1, 0.15) is 48.5 Å². The number of aliphatic hydroxyl groups is 1. The molecule has 2 aliphatic rings. The summed E-state index contributed by atoms with van der Waals surface area (Å²) >= 11 is 6.25. The van der Waals surface area contributed by atoms with Crippen molar-refractivity contribution < 1.29 is 24.2 Å². The van der Waals surface area contributed by atoms with E-state index in [1.807, 2.05) is 30.3 Å². The predicted octanol–water partition coefficient (Wildman–Crippen LogP) is 3.52. The summed E-state index contributed by atoms with van der Waals surface area (Å²) in [6.45, 7) is 0.599. The third kappa shape index (κ3) is 7.69. The Labute approximate surface area is 281 Å². The number of fused-ring (bicyclic) bond motifs is 4. The fourth-order valence-electron chi connectivity index (χ4n) is 5.93. The molecule has 6 rings (SSSR count). The number of ether oxygens (including phenoxy) is 1. The molecule has 248 valence electrons. The van der Waals surface area contributed by atoms with Crippen molar-refractivity contribution >= 4 is 41.1 Å². The van der Waals surface area contributed by atoms with Crippen LogP contribution >= 0.6 is 11.6 Å². The number of carbonyl (C=O) groups is 3. The van der Waals surface area contributed by atoms with E-state index in [9.17, 15) is 19.5 Å². The standard InChI is InChI=1S/C34H35ClN8O5/c1-48-33(46)15-21-6-9-26-22-12-13-36-30(17-22)27(4-2-3-5-28(38-29(26)14-21)34(47)42-18-25(44)19-42)39-32(45)11-7-23-16-24(35)8-10-31(23)43-20-37-40-41-43/h6-14,16-17,20,25,27-28,38,44H,2-5,15,18-19H2,1H3,(H,39,45)/b11-7+/t27-,28+/m0/s1. The third-order valence-electron chi connectivity index (χ3n) is 8.46. The molecule has 0 saturated carbocycles. The molecule has 1 saturated heterocycles. The topological polar surface area (TPSA) is 164 Å². The summed E-state index contributed by atoms with van der Waals surface area (Å²) in [5.41, 5.74) is 5.08. The summed E-state index contributed by atoms with van der Waals surface area (Å²) in [5, 5.41) is 28.3. The van der Waals surface area contributed by atoms with Crippen molar-refractivity contribution in [2.75, 3.05) is 25.5 Å². The number of aliphatic hydroxyl groups excluding tert-OH is 1. The summed E-state index contributed by atoms with van der Waals surface area (Å²) in [5.74, 6) is -0.777. The number of tetrazole rings is 1. The van der Waals surface area contributed by atoms with E-state index in [1.165, 1.54) is 24.2 Å². The second kappa shape index (κ2) is 14.7. The molecule has 13 nitrogen and oxygen atoms in total. The van der Waals surface area contributed by atoms with Crippen molar-refractivity contribution in [2.24, 2.45) is 0 Å². The zero-order chi connectivity index (χ0) is 33.6. The minimum Gasteiger partial charge on any atom is -0.469 e. The second-order valence-corrected chi connectivity index (χ2v) is 12.3. The second-order valence-electron chi connectivity index (χ2n) is 11.8. The molecule has 0 radical (unpaired) electrons. The molecule has 2 aromatic carbocycles. The summed E-state index contributed by atoms with van der Waals surface area (Å²) in [6.07, 6.45) is 8.36. The molecule has 0 unspecified atom stereocenters. The molecule has 2 aliphatic heterocycles. The number of anilines is 1. The van der Waals surface area contributed by atoms with Crippen molar-refractivity contribution in [3.05, 3.63) is 89.0 Å². The summed E-state index contributed by atoms with van der Waals surface area (Å²) in [6, 6.07) is 13.7. The number of amides is 2. The molecule has 1 fully saturated rings. The Bertz CT molecular complexity index is 1830. The largest absolute Gasteiger partial charge is 0.469 e. The molecule has 2 aromatic heterocycles. The van der Waals surface area contributed by atoms with Gasteiger partial charge in [0.05, 0.1) is 37.1 Å². The number of likely N-dealkylation sites (tertiary alicyclic amines) is 1. The Morgan fingerprint density at radius 1 is 1.10 bits per heavy atom. The van der Waals surface area contributed by atoms with Gasteiger partial charge >= 0.3 is 5.97 Å². The molecule has 3 N–H and O–H groups in total. The van der Waals surface area contributed by atoms with E-state index in [-0.39, 0.29) is 24.2 Å². The first-order chi connectivity index (χ1) is 23.3. The minimum absolute atomic E-state index is 0.0814. The molecule has 14 heteroatoms. The van der Waals surface area contributed by atoms with Gasteiger partial charge in [0.1, 0.15) is 12.4 Å². The molecule has 0 spiro atoms. The van der Waals surface area contributed by atoms with Crippen LogP contribution in [-0.2, 0) is 25.5 Å². The predicted molar refractivity (Wildman–Crippen MR) is 178 cm³/mol. The zero-order valence-corrected chi connectivity index (χ0v) is 27.0. The van der Waals surface area contributed by atoms with Crippen LogP contribution in [0.4, 0.5) is 5.69 Å². The first kappa shape index (κ1) is 32.8. The van der Waals surface area contributed by atoms with Gasteiger partial charge in [0.15, 0.2) is 0 Å². The molecule has 4 aromatic rings. The maximum atomic E-state index is 13.5. The van der Waals surface area contributed by atoms with Gasteiger partial charge in [-0.3, -0.25) is 19.4 Å². The number of methoxy groups -OCH3 is 1. The van der Waals surface area contributed by atoms with Gasteiger partial charge in [-0.05, 0) is 76.9 Å². The molecule has 4 heterocycles. The van der Waals surface area contributed by atoms with Gasteiger partial charge in [0, 0.05) is 47.2 Å². The number of hydrogen-bond acceptors (Lipinski definition) is 10. The lowest BCUT2D eigenvalue weighted by molar-refractivity contribution is -0.142. The molecular formula is C34H35ClN8O5. The number of rotatable bonds is 7. The van der Waals surface area contributed by atoms with E-state index >= 15 is 0 Å². The minimum atomic E-state index is -0.548. The van der Waals surface area contributed by atoms with Gasteiger partial charge in [-0.2, -0.15) is 4.68 Å². The van der Waals surface area contributed by atoms with Crippen LogP contribution < -0.4 is 10.6 Å². The highest BCUT2D eigenvalue weighted by Gasteiger charge is 2.34. The monoisotopic (exact) mass is 670 g/mol. The Morgan fingerprint density at radius 2 is 1.94 bits per heavy atom.